The van der Waals surface area contributed by atoms with Crippen LogP contribution in [-0.4, -0.2) is 30.5 Å². The number of carbonyl (C=O) groups excluding carboxylic acids is 1. The van der Waals surface area contributed by atoms with Gasteiger partial charge in [-0.3, -0.25) is 4.79 Å². The Morgan fingerprint density at radius 3 is 2.55 bits per heavy atom. The van der Waals surface area contributed by atoms with Crippen molar-refractivity contribution in [1.29, 1.82) is 0 Å². The lowest BCUT2D eigenvalue weighted by Crippen LogP contribution is -2.38. The van der Waals surface area contributed by atoms with Crippen LogP contribution >= 0.6 is 11.8 Å². The predicted molar refractivity (Wildman–Crippen MR) is 89.5 cm³/mol. The van der Waals surface area contributed by atoms with Crippen LogP contribution in [-0.2, 0) is 4.79 Å². The minimum Gasteiger partial charge on any atom is -0.325 e. The van der Waals surface area contributed by atoms with Crippen molar-refractivity contribution in [2.45, 2.75) is 39.2 Å². The van der Waals surface area contributed by atoms with Crippen LogP contribution in [0.5, 0.6) is 0 Å². The number of anilines is 1. The monoisotopic (exact) mass is 294 g/mol. The summed E-state index contributed by atoms with van der Waals surface area (Å²) >= 11 is 1.89. The van der Waals surface area contributed by atoms with Gasteiger partial charge < -0.3 is 10.6 Å². The predicted octanol–water partition coefficient (Wildman–Crippen LogP) is 3.44. The zero-order valence-corrected chi connectivity index (χ0v) is 13.6. The molecule has 0 aliphatic rings. The SMILES string of the molecule is CSCCCCCNC(C)C(=O)Nc1ccc(C)cc1. The van der Waals surface area contributed by atoms with Crippen molar-refractivity contribution in [2.24, 2.45) is 0 Å². The second kappa shape index (κ2) is 9.83. The third kappa shape index (κ3) is 6.96. The van der Waals surface area contributed by atoms with E-state index in [9.17, 15) is 4.79 Å². The van der Waals surface area contributed by atoms with E-state index < -0.39 is 0 Å². The summed E-state index contributed by atoms with van der Waals surface area (Å²) in [6, 6.07) is 7.71. The number of aryl methyl sites for hydroxylation is 1. The number of hydrogen-bond donors (Lipinski definition) is 2. The van der Waals surface area contributed by atoms with Crippen molar-refractivity contribution < 1.29 is 4.79 Å². The van der Waals surface area contributed by atoms with Gasteiger partial charge in [0, 0.05) is 5.69 Å². The molecule has 0 fully saturated rings. The molecule has 1 atom stereocenters. The summed E-state index contributed by atoms with van der Waals surface area (Å²) in [4.78, 5) is 12.0. The van der Waals surface area contributed by atoms with Gasteiger partial charge in [-0.1, -0.05) is 24.1 Å². The second-order valence-electron chi connectivity index (χ2n) is 5.08. The first kappa shape index (κ1) is 17.1. The van der Waals surface area contributed by atoms with Crippen molar-refractivity contribution in [2.75, 3.05) is 23.9 Å². The Morgan fingerprint density at radius 1 is 1.20 bits per heavy atom. The van der Waals surface area contributed by atoms with Gasteiger partial charge in [0.25, 0.3) is 0 Å². The highest BCUT2D eigenvalue weighted by Gasteiger charge is 2.11. The van der Waals surface area contributed by atoms with Crippen LogP contribution in [0.4, 0.5) is 5.69 Å². The molecule has 0 bridgehead atoms. The van der Waals surface area contributed by atoms with Gasteiger partial charge in [0.15, 0.2) is 0 Å². The number of hydrogen-bond acceptors (Lipinski definition) is 3. The number of amides is 1. The van der Waals surface area contributed by atoms with E-state index in [1.54, 1.807) is 0 Å². The highest BCUT2D eigenvalue weighted by atomic mass is 32.2. The van der Waals surface area contributed by atoms with Crippen LogP contribution < -0.4 is 10.6 Å². The van der Waals surface area contributed by atoms with Crippen molar-refractivity contribution in [3.8, 4) is 0 Å². The van der Waals surface area contributed by atoms with Gasteiger partial charge in [-0.05, 0) is 57.4 Å². The molecule has 0 aliphatic carbocycles. The average molecular weight is 294 g/mol. The van der Waals surface area contributed by atoms with Crippen molar-refractivity contribution in [1.82, 2.24) is 5.32 Å². The summed E-state index contributed by atoms with van der Waals surface area (Å²) in [5, 5.41) is 6.20. The normalized spacial score (nSPS) is 12.2. The zero-order chi connectivity index (χ0) is 14.8. The standard InChI is InChI=1S/C16H26N2OS/c1-13-7-9-15(10-8-13)18-16(19)14(2)17-11-5-4-6-12-20-3/h7-10,14,17H,4-6,11-12H2,1-3H3,(H,18,19). The molecule has 0 radical (unpaired) electrons. The Labute approximate surface area is 126 Å². The molecule has 0 spiro atoms. The van der Waals surface area contributed by atoms with E-state index in [0.717, 1.165) is 18.7 Å². The van der Waals surface area contributed by atoms with Crippen molar-refractivity contribution >= 4 is 23.4 Å². The molecule has 3 nitrogen and oxygen atoms in total. The minimum atomic E-state index is -0.156. The largest absolute Gasteiger partial charge is 0.325 e. The Morgan fingerprint density at radius 2 is 1.90 bits per heavy atom. The smallest absolute Gasteiger partial charge is 0.241 e. The van der Waals surface area contributed by atoms with Crippen molar-refractivity contribution in [3.05, 3.63) is 29.8 Å². The molecule has 0 heterocycles. The molecule has 0 aliphatic heterocycles. The number of benzene rings is 1. The lowest BCUT2D eigenvalue weighted by Gasteiger charge is -2.14. The average Bonchev–Trinajstić information content (AvgIpc) is 2.45. The van der Waals surface area contributed by atoms with Gasteiger partial charge in [-0.25, -0.2) is 0 Å². The Balaban J connectivity index is 2.20. The second-order valence-corrected chi connectivity index (χ2v) is 6.07. The van der Waals surface area contributed by atoms with E-state index in [0.29, 0.717) is 0 Å². The maximum absolute atomic E-state index is 12.0. The molecular formula is C16H26N2OS. The zero-order valence-electron chi connectivity index (χ0n) is 12.7. The molecule has 112 valence electrons. The molecule has 1 rings (SSSR count). The van der Waals surface area contributed by atoms with Gasteiger partial charge in [0.2, 0.25) is 5.91 Å². The fraction of sp³-hybridized carbons (Fsp3) is 0.562. The first-order valence-corrected chi connectivity index (χ1v) is 8.62. The third-order valence-electron chi connectivity index (χ3n) is 3.19. The summed E-state index contributed by atoms with van der Waals surface area (Å²) in [6.45, 7) is 4.84. The molecule has 0 saturated heterocycles. The molecular weight excluding hydrogens is 268 g/mol. The maximum Gasteiger partial charge on any atom is 0.241 e. The van der Waals surface area contributed by atoms with Crippen LogP contribution in [0.1, 0.15) is 31.7 Å². The number of nitrogens with one attached hydrogen (secondary N) is 2. The summed E-state index contributed by atoms with van der Waals surface area (Å²) in [7, 11) is 0. The molecule has 1 aromatic rings. The molecule has 2 N–H and O–H groups in total. The van der Waals surface area contributed by atoms with Crippen LogP contribution in [0.25, 0.3) is 0 Å². The lowest BCUT2D eigenvalue weighted by molar-refractivity contribution is -0.117. The molecule has 0 saturated carbocycles. The summed E-state index contributed by atoms with van der Waals surface area (Å²) in [6.07, 6.45) is 5.74. The molecule has 20 heavy (non-hydrogen) atoms. The molecule has 4 heteroatoms. The van der Waals surface area contributed by atoms with Crippen LogP contribution in [0.15, 0.2) is 24.3 Å². The minimum absolute atomic E-state index is 0.0259. The lowest BCUT2D eigenvalue weighted by atomic mass is 10.2. The summed E-state index contributed by atoms with van der Waals surface area (Å²) < 4.78 is 0. The van der Waals surface area contributed by atoms with E-state index in [1.807, 2.05) is 49.9 Å². The quantitative estimate of drug-likeness (QED) is 0.685. The van der Waals surface area contributed by atoms with E-state index in [2.05, 4.69) is 16.9 Å². The summed E-state index contributed by atoms with van der Waals surface area (Å²) in [5.41, 5.74) is 2.05. The fourth-order valence-electron chi connectivity index (χ4n) is 1.85. The van der Waals surface area contributed by atoms with E-state index in [1.165, 1.54) is 24.2 Å². The van der Waals surface area contributed by atoms with E-state index >= 15 is 0 Å². The highest BCUT2D eigenvalue weighted by Crippen LogP contribution is 2.09. The van der Waals surface area contributed by atoms with Crippen LogP contribution in [0.2, 0.25) is 0 Å². The number of thioether (sulfide) groups is 1. The van der Waals surface area contributed by atoms with Gasteiger partial charge in [0.05, 0.1) is 6.04 Å². The van der Waals surface area contributed by atoms with Gasteiger partial charge in [0.1, 0.15) is 0 Å². The topological polar surface area (TPSA) is 41.1 Å². The Hall–Kier alpha value is -1.00. The summed E-state index contributed by atoms with van der Waals surface area (Å²) in [5.74, 6) is 1.25. The molecule has 1 unspecified atom stereocenters. The first-order valence-electron chi connectivity index (χ1n) is 7.23. The molecule has 1 amide bonds. The van der Waals surface area contributed by atoms with Gasteiger partial charge in [-0.2, -0.15) is 11.8 Å². The van der Waals surface area contributed by atoms with Crippen LogP contribution in [0, 0.1) is 6.92 Å². The number of carbonyl (C=O) groups is 1. The third-order valence-corrected chi connectivity index (χ3v) is 3.89. The van der Waals surface area contributed by atoms with Crippen LogP contribution in [0.3, 0.4) is 0 Å². The fourth-order valence-corrected chi connectivity index (χ4v) is 2.34. The van der Waals surface area contributed by atoms with Crippen molar-refractivity contribution in [3.63, 3.8) is 0 Å². The number of rotatable bonds is 9. The first-order chi connectivity index (χ1) is 9.63. The highest BCUT2D eigenvalue weighted by molar-refractivity contribution is 7.98. The Bertz CT molecular complexity index is 392. The molecule has 0 aromatic heterocycles. The van der Waals surface area contributed by atoms with Gasteiger partial charge >= 0.3 is 0 Å². The number of unbranched alkanes of at least 4 members (excludes halogenated alkanes) is 2. The van der Waals surface area contributed by atoms with Gasteiger partial charge in [-0.15, -0.1) is 0 Å². The maximum atomic E-state index is 12.0. The Kier molecular flexibility index (Phi) is 8.38. The van der Waals surface area contributed by atoms with E-state index in [4.69, 9.17) is 0 Å². The molecule has 1 aromatic carbocycles. The van der Waals surface area contributed by atoms with E-state index in [-0.39, 0.29) is 11.9 Å².